The summed E-state index contributed by atoms with van der Waals surface area (Å²) in [5.41, 5.74) is 0.541. The van der Waals surface area contributed by atoms with E-state index in [-0.39, 0.29) is 22.9 Å². The lowest BCUT2D eigenvalue weighted by Gasteiger charge is -2.33. The molecule has 5 heteroatoms. The van der Waals surface area contributed by atoms with Crippen LogP contribution in [0.3, 0.4) is 0 Å². The number of hydrogen-bond acceptors (Lipinski definition) is 2. The van der Waals surface area contributed by atoms with Gasteiger partial charge in [0.2, 0.25) is 0 Å². The van der Waals surface area contributed by atoms with Gasteiger partial charge in [-0.2, -0.15) is 0 Å². The lowest BCUT2D eigenvalue weighted by molar-refractivity contribution is -0.274. The van der Waals surface area contributed by atoms with Gasteiger partial charge < -0.3 is 4.74 Å². The molecule has 1 aromatic rings. The highest BCUT2D eigenvalue weighted by atomic mass is 19.4. The number of benzene rings is 1. The normalized spacial score (nSPS) is 19.3. The summed E-state index contributed by atoms with van der Waals surface area (Å²) in [4.78, 5) is 12.4. The summed E-state index contributed by atoms with van der Waals surface area (Å²) < 4.78 is 40.5. The van der Waals surface area contributed by atoms with Crippen molar-refractivity contribution in [3.8, 4) is 5.75 Å². The van der Waals surface area contributed by atoms with Gasteiger partial charge in [-0.1, -0.05) is 26.0 Å². The van der Waals surface area contributed by atoms with Gasteiger partial charge in [-0.3, -0.25) is 4.79 Å². The smallest absolute Gasteiger partial charge is 0.406 e. The first-order valence-corrected chi connectivity index (χ1v) is 7.06. The van der Waals surface area contributed by atoms with Gasteiger partial charge in [0.25, 0.3) is 0 Å². The van der Waals surface area contributed by atoms with Gasteiger partial charge in [-0.25, -0.2) is 0 Å². The van der Waals surface area contributed by atoms with Crippen molar-refractivity contribution in [2.24, 2.45) is 11.3 Å². The van der Waals surface area contributed by atoms with Crippen molar-refractivity contribution in [3.63, 3.8) is 0 Å². The van der Waals surface area contributed by atoms with Crippen LogP contribution in [0, 0.1) is 11.3 Å². The lowest BCUT2D eigenvalue weighted by atomic mass is 9.71. The minimum Gasteiger partial charge on any atom is -0.406 e. The van der Waals surface area contributed by atoms with E-state index in [2.05, 4.69) is 18.6 Å². The highest BCUT2D eigenvalue weighted by Gasteiger charge is 2.33. The first kappa shape index (κ1) is 15.9. The summed E-state index contributed by atoms with van der Waals surface area (Å²) >= 11 is 0. The van der Waals surface area contributed by atoms with Crippen molar-refractivity contribution >= 4 is 5.78 Å². The van der Waals surface area contributed by atoms with Gasteiger partial charge in [-0.05, 0) is 43.2 Å². The molecule has 0 spiro atoms. The number of alkyl halides is 3. The predicted octanol–water partition coefficient (Wildman–Crippen LogP) is 4.98. The van der Waals surface area contributed by atoms with E-state index in [9.17, 15) is 18.0 Å². The summed E-state index contributed by atoms with van der Waals surface area (Å²) in [7, 11) is 0. The Bertz CT molecular complexity index is 510. The molecule has 1 fully saturated rings. The largest absolute Gasteiger partial charge is 0.573 e. The number of rotatable bonds is 3. The zero-order chi connectivity index (χ0) is 15.7. The Morgan fingerprint density at radius 1 is 1.24 bits per heavy atom. The molecule has 0 atom stereocenters. The molecule has 0 saturated heterocycles. The molecule has 2 nitrogen and oxygen atoms in total. The van der Waals surface area contributed by atoms with E-state index in [1.165, 1.54) is 18.2 Å². The Morgan fingerprint density at radius 2 is 1.86 bits per heavy atom. The van der Waals surface area contributed by atoms with E-state index in [0.29, 0.717) is 5.56 Å². The number of carbonyl (C=O) groups excluding carboxylic acids is 1. The topological polar surface area (TPSA) is 26.3 Å². The molecule has 116 valence electrons. The van der Waals surface area contributed by atoms with Crippen molar-refractivity contribution in [3.05, 3.63) is 29.8 Å². The van der Waals surface area contributed by atoms with E-state index in [0.717, 1.165) is 25.7 Å². The highest BCUT2D eigenvalue weighted by molar-refractivity contribution is 5.98. The molecule has 0 heterocycles. The second-order valence-corrected chi connectivity index (χ2v) is 6.38. The van der Waals surface area contributed by atoms with Gasteiger partial charge in [0, 0.05) is 11.5 Å². The molecule has 1 aliphatic carbocycles. The monoisotopic (exact) mass is 300 g/mol. The Hall–Kier alpha value is -1.52. The van der Waals surface area contributed by atoms with Crippen LogP contribution in [0.15, 0.2) is 24.3 Å². The molecule has 0 aliphatic heterocycles. The SMILES string of the molecule is CC1(C)CCC(C(=O)c2cccc(OC(F)(F)F)c2)CC1. The van der Waals surface area contributed by atoms with E-state index in [1.807, 2.05) is 0 Å². The maximum absolute atomic E-state index is 12.4. The van der Waals surface area contributed by atoms with Crippen LogP contribution in [-0.2, 0) is 0 Å². The van der Waals surface area contributed by atoms with Crippen LogP contribution < -0.4 is 4.74 Å². The Morgan fingerprint density at radius 3 is 2.43 bits per heavy atom. The second-order valence-electron chi connectivity index (χ2n) is 6.38. The number of hydrogen-bond donors (Lipinski definition) is 0. The maximum atomic E-state index is 12.4. The molecule has 21 heavy (non-hydrogen) atoms. The number of ketones is 1. The third kappa shape index (κ3) is 4.48. The number of halogens is 3. The third-order valence-electron chi connectivity index (χ3n) is 4.06. The molecular formula is C16H19F3O2. The van der Waals surface area contributed by atoms with Crippen molar-refractivity contribution in [1.82, 2.24) is 0 Å². The highest BCUT2D eigenvalue weighted by Crippen LogP contribution is 2.39. The van der Waals surface area contributed by atoms with Crippen LogP contribution in [0.4, 0.5) is 13.2 Å². The molecule has 0 unspecified atom stereocenters. The molecule has 0 bridgehead atoms. The minimum atomic E-state index is -4.74. The predicted molar refractivity (Wildman–Crippen MR) is 73.2 cm³/mol. The van der Waals surface area contributed by atoms with Crippen LogP contribution in [0.2, 0.25) is 0 Å². The van der Waals surface area contributed by atoms with Crippen LogP contribution in [0.1, 0.15) is 49.9 Å². The third-order valence-corrected chi connectivity index (χ3v) is 4.06. The van der Waals surface area contributed by atoms with E-state index in [1.54, 1.807) is 6.07 Å². The molecule has 0 radical (unpaired) electrons. The van der Waals surface area contributed by atoms with Gasteiger partial charge in [0.05, 0.1) is 0 Å². The van der Waals surface area contributed by atoms with Crippen molar-refractivity contribution in [1.29, 1.82) is 0 Å². The maximum Gasteiger partial charge on any atom is 0.573 e. The van der Waals surface area contributed by atoms with Crippen LogP contribution in [0.25, 0.3) is 0 Å². The molecule has 0 amide bonds. The minimum absolute atomic E-state index is 0.0851. The number of carbonyl (C=O) groups is 1. The molecule has 0 N–H and O–H groups in total. The van der Waals surface area contributed by atoms with Gasteiger partial charge in [0.1, 0.15) is 5.75 Å². The zero-order valence-electron chi connectivity index (χ0n) is 12.2. The summed E-state index contributed by atoms with van der Waals surface area (Å²) in [5.74, 6) is -0.526. The zero-order valence-corrected chi connectivity index (χ0v) is 12.2. The van der Waals surface area contributed by atoms with Gasteiger partial charge in [-0.15, -0.1) is 13.2 Å². The van der Waals surface area contributed by atoms with E-state index in [4.69, 9.17) is 0 Å². The van der Waals surface area contributed by atoms with E-state index < -0.39 is 6.36 Å². The fourth-order valence-electron chi connectivity index (χ4n) is 2.74. The molecule has 1 saturated carbocycles. The van der Waals surface area contributed by atoms with Crippen molar-refractivity contribution in [2.45, 2.75) is 45.9 Å². The summed E-state index contributed by atoms with van der Waals surface area (Å²) in [6.45, 7) is 4.34. The Kier molecular flexibility index (Phi) is 4.30. The Labute approximate surface area is 122 Å². The molecular weight excluding hydrogens is 281 g/mol. The average Bonchev–Trinajstić information content (AvgIpc) is 2.36. The van der Waals surface area contributed by atoms with E-state index >= 15 is 0 Å². The molecule has 1 aliphatic rings. The van der Waals surface area contributed by atoms with Gasteiger partial charge >= 0.3 is 6.36 Å². The Balaban J connectivity index is 2.08. The first-order valence-electron chi connectivity index (χ1n) is 7.06. The van der Waals surface area contributed by atoms with Crippen LogP contribution in [-0.4, -0.2) is 12.1 Å². The summed E-state index contributed by atoms with van der Waals surface area (Å²) in [6.07, 6.45) is -1.24. The fraction of sp³-hybridized carbons (Fsp3) is 0.562. The molecule has 0 aromatic heterocycles. The quantitative estimate of drug-likeness (QED) is 0.735. The fourth-order valence-corrected chi connectivity index (χ4v) is 2.74. The molecule has 2 rings (SSSR count). The first-order chi connectivity index (χ1) is 9.66. The summed E-state index contributed by atoms with van der Waals surface area (Å²) in [6, 6.07) is 5.34. The average molecular weight is 300 g/mol. The van der Waals surface area contributed by atoms with Crippen molar-refractivity contribution < 1.29 is 22.7 Å². The number of Topliss-reactive ketones (excluding diaryl/α,β-unsaturated/α-hetero) is 1. The van der Waals surface area contributed by atoms with Gasteiger partial charge in [0.15, 0.2) is 5.78 Å². The van der Waals surface area contributed by atoms with Crippen LogP contribution in [0.5, 0.6) is 5.75 Å². The standard InChI is InChI=1S/C16H19F3O2/c1-15(2)8-6-11(7-9-15)14(20)12-4-3-5-13(10-12)21-16(17,18)19/h3-5,10-11H,6-9H2,1-2H3. The lowest BCUT2D eigenvalue weighted by Crippen LogP contribution is -2.26. The van der Waals surface area contributed by atoms with Crippen molar-refractivity contribution in [2.75, 3.05) is 0 Å². The van der Waals surface area contributed by atoms with Crippen LogP contribution >= 0.6 is 0 Å². The second kappa shape index (κ2) is 5.70. The summed E-state index contributed by atoms with van der Waals surface area (Å²) in [5, 5.41) is 0. The molecule has 1 aromatic carbocycles. The number of ether oxygens (including phenoxy) is 1.